The molecule has 0 unspecified atom stereocenters. The second-order valence-electron chi connectivity index (χ2n) is 4.49. The van der Waals surface area contributed by atoms with Crippen molar-refractivity contribution in [3.8, 4) is 0 Å². The molecule has 0 saturated carbocycles. The van der Waals surface area contributed by atoms with E-state index in [9.17, 15) is 4.79 Å². The largest absolute Gasteiger partial charge is 0.326 e. The Balaban J connectivity index is 2.63. The second-order valence-corrected chi connectivity index (χ2v) is 4.81. The van der Waals surface area contributed by atoms with E-state index >= 15 is 0 Å². The van der Waals surface area contributed by atoms with E-state index < -0.39 is 0 Å². The van der Waals surface area contributed by atoms with E-state index in [0.29, 0.717) is 0 Å². The van der Waals surface area contributed by atoms with Crippen molar-refractivity contribution < 1.29 is 4.79 Å². The molecule has 1 rings (SSSR count). The smallest absolute Gasteiger partial charge is 0.319 e. The van der Waals surface area contributed by atoms with E-state index in [1.54, 1.807) is 4.90 Å². The summed E-state index contributed by atoms with van der Waals surface area (Å²) in [6.07, 6.45) is 2.17. The Morgan fingerprint density at radius 2 is 1.93 bits per heavy atom. The molecule has 0 spiro atoms. The van der Waals surface area contributed by atoms with Gasteiger partial charge in [0, 0.05) is 26.7 Å². The maximum Gasteiger partial charge on any atom is 0.319 e. The van der Waals surface area contributed by atoms with Crippen LogP contribution in [0.1, 0.15) is 26.7 Å². The first-order valence-electron chi connectivity index (χ1n) is 5.69. The lowest BCUT2D eigenvalue weighted by Gasteiger charge is -2.34. The highest BCUT2D eigenvalue weighted by Crippen LogP contribution is 2.30. The van der Waals surface area contributed by atoms with Gasteiger partial charge in [-0.1, -0.05) is 13.8 Å². The number of hydrogen-bond donors (Lipinski definition) is 1. The Morgan fingerprint density at radius 1 is 1.33 bits per heavy atom. The van der Waals surface area contributed by atoms with E-state index in [-0.39, 0.29) is 11.4 Å². The normalized spacial score (nSPS) is 17.7. The Morgan fingerprint density at radius 3 is 2.27 bits per heavy atom. The first-order chi connectivity index (χ1) is 7.08. The van der Waals surface area contributed by atoms with Crippen LogP contribution in [0, 0.1) is 5.41 Å². The molecule has 3 nitrogen and oxygen atoms in total. The van der Waals surface area contributed by atoms with Gasteiger partial charge in [0.15, 0.2) is 0 Å². The molecule has 1 heterocycles. The third-order valence-electron chi connectivity index (χ3n) is 3.66. The van der Waals surface area contributed by atoms with Crippen molar-refractivity contribution in [1.29, 1.82) is 0 Å². The third-order valence-corrected chi connectivity index (χ3v) is 4.33. The number of thiol groups is 1. The summed E-state index contributed by atoms with van der Waals surface area (Å²) in [5, 5.41) is 0. The average Bonchev–Trinajstić information content (AvgIpc) is 2.57. The fourth-order valence-electron chi connectivity index (χ4n) is 2.00. The van der Waals surface area contributed by atoms with Crippen molar-refractivity contribution in [2.45, 2.75) is 26.7 Å². The number of urea groups is 1. The first-order valence-corrected chi connectivity index (χ1v) is 6.32. The second kappa shape index (κ2) is 5.10. The SMILES string of the molecule is CCC(CC)(CS)CN1CCN(C)C1=O. The number of amides is 2. The molecular weight excluding hydrogens is 208 g/mol. The number of nitrogens with zero attached hydrogens (tertiary/aromatic N) is 2. The van der Waals surface area contributed by atoms with Crippen LogP contribution in [0.2, 0.25) is 0 Å². The molecular formula is C11H22N2OS. The molecule has 0 bridgehead atoms. The van der Waals surface area contributed by atoms with Gasteiger partial charge in [-0.05, 0) is 24.0 Å². The Hall–Kier alpha value is -0.380. The molecule has 1 aliphatic heterocycles. The molecule has 0 aromatic rings. The van der Waals surface area contributed by atoms with Crippen LogP contribution in [-0.4, -0.2) is 48.3 Å². The van der Waals surface area contributed by atoms with Crippen LogP contribution in [0.15, 0.2) is 0 Å². The van der Waals surface area contributed by atoms with Crippen molar-refractivity contribution in [2.75, 3.05) is 32.4 Å². The Kier molecular flexibility index (Phi) is 4.32. The molecule has 0 atom stereocenters. The molecule has 0 aromatic heterocycles. The van der Waals surface area contributed by atoms with Crippen LogP contribution in [0.25, 0.3) is 0 Å². The first kappa shape index (κ1) is 12.7. The van der Waals surface area contributed by atoms with Crippen LogP contribution in [-0.2, 0) is 0 Å². The average molecular weight is 230 g/mol. The van der Waals surface area contributed by atoms with Crippen molar-refractivity contribution in [3.63, 3.8) is 0 Å². The van der Waals surface area contributed by atoms with E-state index in [1.165, 1.54) is 0 Å². The summed E-state index contributed by atoms with van der Waals surface area (Å²) in [5.74, 6) is 0.855. The molecule has 0 N–H and O–H groups in total. The Labute approximate surface area is 98.2 Å². The third kappa shape index (κ3) is 2.60. The van der Waals surface area contributed by atoms with Gasteiger partial charge in [-0.15, -0.1) is 0 Å². The van der Waals surface area contributed by atoms with Gasteiger partial charge < -0.3 is 9.80 Å². The van der Waals surface area contributed by atoms with Gasteiger partial charge in [-0.25, -0.2) is 4.79 Å². The van der Waals surface area contributed by atoms with Gasteiger partial charge in [0.05, 0.1) is 0 Å². The van der Waals surface area contributed by atoms with Crippen LogP contribution in [0.5, 0.6) is 0 Å². The molecule has 88 valence electrons. The molecule has 0 aliphatic carbocycles. The number of hydrogen-bond acceptors (Lipinski definition) is 2. The predicted octanol–water partition coefficient (Wildman–Crippen LogP) is 2.09. The molecule has 15 heavy (non-hydrogen) atoms. The molecule has 0 radical (unpaired) electrons. The fourth-order valence-corrected chi connectivity index (χ4v) is 2.55. The van der Waals surface area contributed by atoms with Crippen LogP contribution < -0.4 is 0 Å². The number of carbonyl (C=O) groups is 1. The summed E-state index contributed by atoms with van der Waals surface area (Å²) in [7, 11) is 1.86. The van der Waals surface area contributed by atoms with Crippen molar-refractivity contribution in [3.05, 3.63) is 0 Å². The standard InChI is InChI=1S/C11H22N2OS/c1-4-11(5-2,9-15)8-13-7-6-12(3)10(13)14/h15H,4-9H2,1-3H3. The number of likely N-dealkylation sites (N-methyl/N-ethyl adjacent to an activating group) is 1. The van der Waals surface area contributed by atoms with Crippen molar-refractivity contribution in [2.24, 2.45) is 5.41 Å². The quantitative estimate of drug-likeness (QED) is 0.718. The Bertz CT molecular complexity index is 220. The van der Waals surface area contributed by atoms with E-state index in [1.807, 2.05) is 11.9 Å². The highest BCUT2D eigenvalue weighted by Gasteiger charge is 2.33. The lowest BCUT2D eigenvalue weighted by molar-refractivity contribution is 0.166. The van der Waals surface area contributed by atoms with Gasteiger partial charge in [-0.2, -0.15) is 12.6 Å². The number of rotatable bonds is 5. The topological polar surface area (TPSA) is 23.6 Å². The zero-order valence-corrected chi connectivity index (χ0v) is 10.9. The van der Waals surface area contributed by atoms with E-state index in [2.05, 4.69) is 26.5 Å². The summed E-state index contributed by atoms with van der Waals surface area (Å²) < 4.78 is 0. The fraction of sp³-hybridized carbons (Fsp3) is 0.909. The summed E-state index contributed by atoms with van der Waals surface area (Å²) >= 11 is 4.43. The van der Waals surface area contributed by atoms with Crippen molar-refractivity contribution >= 4 is 18.7 Å². The minimum absolute atomic E-state index is 0.169. The molecule has 0 aromatic carbocycles. The monoisotopic (exact) mass is 230 g/mol. The molecule has 1 aliphatic rings. The lowest BCUT2D eigenvalue weighted by Crippen LogP contribution is -2.40. The van der Waals surface area contributed by atoms with Gasteiger partial charge in [-0.3, -0.25) is 0 Å². The van der Waals surface area contributed by atoms with Gasteiger partial charge in [0.2, 0.25) is 0 Å². The minimum Gasteiger partial charge on any atom is -0.326 e. The molecule has 4 heteroatoms. The van der Waals surface area contributed by atoms with Gasteiger partial charge >= 0.3 is 6.03 Å². The zero-order chi connectivity index (χ0) is 11.5. The van der Waals surface area contributed by atoms with Crippen LogP contribution in [0.3, 0.4) is 0 Å². The minimum atomic E-state index is 0.169. The van der Waals surface area contributed by atoms with Gasteiger partial charge in [0.25, 0.3) is 0 Å². The molecule has 1 fully saturated rings. The van der Waals surface area contributed by atoms with Crippen molar-refractivity contribution in [1.82, 2.24) is 9.80 Å². The predicted molar refractivity (Wildman–Crippen MR) is 66.5 cm³/mol. The summed E-state index contributed by atoms with van der Waals surface area (Å²) in [6, 6.07) is 0.169. The molecule has 2 amide bonds. The lowest BCUT2D eigenvalue weighted by atomic mass is 9.84. The van der Waals surface area contributed by atoms with Crippen LogP contribution in [0.4, 0.5) is 4.79 Å². The molecule has 1 saturated heterocycles. The maximum absolute atomic E-state index is 11.8. The van der Waals surface area contributed by atoms with Gasteiger partial charge in [0.1, 0.15) is 0 Å². The summed E-state index contributed by atoms with van der Waals surface area (Å²) in [5.41, 5.74) is 0.198. The number of carbonyl (C=O) groups excluding carboxylic acids is 1. The summed E-state index contributed by atoms with van der Waals surface area (Å²) in [6.45, 7) is 6.94. The maximum atomic E-state index is 11.8. The van der Waals surface area contributed by atoms with Crippen LogP contribution >= 0.6 is 12.6 Å². The zero-order valence-electron chi connectivity index (χ0n) is 9.99. The summed E-state index contributed by atoms with van der Waals surface area (Å²) in [4.78, 5) is 15.5. The van der Waals surface area contributed by atoms with E-state index in [4.69, 9.17) is 0 Å². The van der Waals surface area contributed by atoms with E-state index in [0.717, 1.165) is 38.2 Å². The highest BCUT2D eigenvalue weighted by atomic mass is 32.1. The highest BCUT2D eigenvalue weighted by molar-refractivity contribution is 7.80.